The Hall–Kier alpha value is -2.19. The summed E-state index contributed by atoms with van der Waals surface area (Å²) in [6, 6.07) is 15.6. The van der Waals surface area contributed by atoms with Crippen LogP contribution in [0.3, 0.4) is 0 Å². The molecule has 3 heterocycles. The van der Waals surface area contributed by atoms with Crippen LogP contribution in [0, 0.1) is 0 Å². The second kappa shape index (κ2) is 7.00. The molecule has 0 saturated carbocycles. The second-order valence-corrected chi connectivity index (χ2v) is 10.2. The van der Waals surface area contributed by atoms with Gasteiger partial charge in [-0.05, 0) is 17.7 Å². The minimum atomic E-state index is -3.07. The molecule has 6 nitrogen and oxygen atoms in total. The molecule has 0 aliphatic carbocycles. The monoisotopic (exact) mass is 416 g/mol. The molecule has 5 rings (SSSR count). The van der Waals surface area contributed by atoms with E-state index in [2.05, 4.69) is 17.0 Å². The molecule has 28 heavy (non-hydrogen) atoms. The van der Waals surface area contributed by atoms with E-state index in [0.29, 0.717) is 19.0 Å². The summed E-state index contributed by atoms with van der Waals surface area (Å²) in [6.45, 7) is 1.05. The first-order valence-corrected chi connectivity index (χ1v) is 12.0. The lowest BCUT2D eigenvalue weighted by Crippen LogP contribution is -2.39. The minimum Gasteiger partial charge on any atom is -0.486 e. The lowest BCUT2D eigenvalue weighted by atomic mass is 10.1. The van der Waals surface area contributed by atoms with E-state index in [4.69, 9.17) is 14.5 Å². The van der Waals surface area contributed by atoms with E-state index in [1.165, 1.54) is 5.56 Å². The number of rotatable bonds is 3. The first-order chi connectivity index (χ1) is 13.6. The summed E-state index contributed by atoms with van der Waals surface area (Å²) in [4.78, 5) is 6.86. The van der Waals surface area contributed by atoms with Gasteiger partial charge in [-0.1, -0.05) is 42.1 Å². The van der Waals surface area contributed by atoms with Crippen molar-refractivity contribution in [3.63, 3.8) is 0 Å². The number of hydrogen-bond donors (Lipinski definition) is 0. The van der Waals surface area contributed by atoms with E-state index in [1.54, 1.807) is 11.8 Å². The van der Waals surface area contributed by atoms with Crippen molar-refractivity contribution in [2.45, 2.75) is 17.8 Å². The Morgan fingerprint density at radius 2 is 1.82 bits per heavy atom. The van der Waals surface area contributed by atoms with Gasteiger partial charge in [0.05, 0.1) is 23.6 Å². The van der Waals surface area contributed by atoms with Crippen molar-refractivity contribution in [1.29, 1.82) is 0 Å². The van der Waals surface area contributed by atoms with Gasteiger partial charge >= 0.3 is 0 Å². The van der Waals surface area contributed by atoms with E-state index in [0.717, 1.165) is 22.4 Å². The highest BCUT2D eigenvalue weighted by atomic mass is 32.2. The summed E-state index contributed by atoms with van der Waals surface area (Å²) < 4.78 is 35.7. The summed E-state index contributed by atoms with van der Waals surface area (Å²) in [7, 11) is -3.07. The zero-order chi connectivity index (χ0) is 19.1. The summed E-state index contributed by atoms with van der Waals surface area (Å²) in [6.07, 6.45) is 0. The van der Waals surface area contributed by atoms with Crippen LogP contribution < -0.4 is 14.4 Å². The van der Waals surface area contributed by atoms with E-state index < -0.39 is 9.84 Å². The molecule has 2 aromatic rings. The van der Waals surface area contributed by atoms with Crippen LogP contribution >= 0.6 is 11.8 Å². The third-order valence-corrected chi connectivity index (χ3v) is 7.86. The Labute approximate surface area is 168 Å². The van der Waals surface area contributed by atoms with Crippen LogP contribution in [0.1, 0.15) is 5.56 Å². The van der Waals surface area contributed by atoms with Crippen molar-refractivity contribution in [3.8, 4) is 11.5 Å². The zero-order valence-corrected chi connectivity index (χ0v) is 16.8. The third-order valence-electron chi connectivity index (χ3n) is 5.12. The van der Waals surface area contributed by atoms with Crippen LogP contribution in [0.4, 0.5) is 5.69 Å². The molecule has 0 spiro atoms. The van der Waals surface area contributed by atoms with Crippen LogP contribution in [-0.4, -0.2) is 50.4 Å². The smallest absolute Gasteiger partial charge is 0.164 e. The van der Waals surface area contributed by atoms with Gasteiger partial charge in [0.15, 0.2) is 26.5 Å². The molecule has 0 radical (unpaired) electrons. The first kappa shape index (κ1) is 17.9. The molecule has 8 heteroatoms. The molecule has 0 bridgehead atoms. The topological polar surface area (TPSA) is 68.2 Å². The number of hydrogen-bond acceptors (Lipinski definition) is 7. The second-order valence-electron chi connectivity index (χ2n) is 7.10. The molecule has 2 aromatic carbocycles. The lowest BCUT2D eigenvalue weighted by molar-refractivity contribution is 0.171. The molecule has 0 unspecified atom stereocenters. The number of benzene rings is 2. The van der Waals surface area contributed by atoms with Crippen molar-refractivity contribution in [3.05, 3.63) is 54.1 Å². The van der Waals surface area contributed by atoms with Crippen LogP contribution in [-0.2, 0) is 15.6 Å². The SMILES string of the molecule is O=S1(=O)C[C@@H]2[C@@H](C1)N=C(SCc1ccccc1)N2c1ccc2c(c1)OCCO2. The molecular formula is C20H20N2O4S2. The Morgan fingerprint density at radius 3 is 2.64 bits per heavy atom. The van der Waals surface area contributed by atoms with Crippen LogP contribution in [0.25, 0.3) is 0 Å². The van der Waals surface area contributed by atoms with Gasteiger partial charge in [-0.15, -0.1) is 0 Å². The van der Waals surface area contributed by atoms with Gasteiger partial charge in [0.2, 0.25) is 0 Å². The average Bonchev–Trinajstić information content (AvgIpc) is 3.17. The van der Waals surface area contributed by atoms with Crippen molar-refractivity contribution < 1.29 is 17.9 Å². The molecule has 2 atom stereocenters. The quantitative estimate of drug-likeness (QED) is 0.766. The molecular weight excluding hydrogens is 396 g/mol. The number of anilines is 1. The maximum absolute atomic E-state index is 12.2. The van der Waals surface area contributed by atoms with Crippen molar-refractivity contribution in [1.82, 2.24) is 0 Å². The van der Waals surface area contributed by atoms with Gasteiger partial charge in [0, 0.05) is 17.5 Å². The highest BCUT2D eigenvalue weighted by molar-refractivity contribution is 8.13. The number of sulfone groups is 1. The molecule has 3 aliphatic rings. The molecule has 0 amide bonds. The number of amidine groups is 1. The zero-order valence-electron chi connectivity index (χ0n) is 15.2. The number of thioether (sulfide) groups is 1. The van der Waals surface area contributed by atoms with Gasteiger partial charge < -0.3 is 14.4 Å². The Balaban J connectivity index is 1.46. The fourth-order valence-corrected chi connectivity index (χ4v) is 6.76. The molecule has 146 valence electrons. The molecule has 0 aromatic heterocycles. The van der Waals surface area contributed by atoms with Crippen LogP contribution in [0.15, 0.2) is 53.5 Å². The van der Waals surface area contributed by atoms with Crippen molar-refractivity contribution in [2.75, 3.05) is 29.6 Å². The largest absolute Gasteiger partial charge is 0.486 e. The summed E-state index contributed by atoms with van der Waals surface area (Å²) in [5.41, 5.74) is 2.11. The molecule has 0 N–H and O–H groups in total. The number of fused-ring (bicyclic) bond motifs is 2. The lowest BCUT2D eigenvalue weighted by Gasteiger charge is -2.28. The Kier molecular flexibility index (Phi) is 4.47. The maximum atomic E-state index is 12.2. The van der Waals surface area contributed by atoms with E-state index in [-0.39, 0.29) is 23.6 Å². The van der Waals surface area contributed by atoms with Crippen LogP contribution in [0.5, 0.6) is 11.5 Å². The Bertz CT molecular complexity index is 1020. The number of ether oxygens (including phenoxy) is 2. The average molecular weight is 417 g/mol. The fourth-order valence-electron chi connectivity index (χ4n) is 3.84. The molecule has 1 saturated heterocycles. The first-order valence-electron chi connectivity index (χ1n) is 9.23. The van der Waals surface area contributed by atoms with Gasteiger partial charge in [0.25, 0.3) is 0 Å². The predicted octanol–water partition coefficient (Wildman–Crippen LogP) is 2.73. The summed E-state index contributed by atoms with van der Waals surface area (Å²) in [5.74, 6) is 2.45. The van der Waals surface area contributed by atoms with Gasteiger partial charge in [-0.3, -0.25) is 4.99 Å². The number of nitrogens with zero attached hydrogens (tertiary/aromatic N) is 2. The predicted molar refractivity (Wildman–Crippen MR) is 111 cm³/mol. The highest BCUT2D eigenvalue weighted by Crippen LogP contribution is 2.40. The molecule has 3 aliphatic heterocycles. The fraction of sp³-hybridized carbons (Fsp3) is 0.350. The standard InChI is InChI=1S/C20H20N2O4S2/c23-28(24)12-16-17(13-28)22(15-6-7-18-19(10-15)26-9-8-25-18)20(21-16)27-11-14-4-2-1-3-5-14/h1-7,10,16-17H,8-9,11-13H2/t16-,17-/m1/s1. The van der Waals surface area contributed by atoms with Gasteiger partial charge in [0.1, 0.15) is 13.2 Å². The van der Waals surface area contributed by atoms with E-state index in [1.807, 2.05) is 36.4 Å². The van der Waals surface area contributed by atoms with Gasteiger partial charge in [-0.25, -0.2) is 8.42 Å². The van der Waals surface area contributed by atoms with E-state index >= 15 is 0 Å². The molecule has 1 fully saturated rings. The minimum absolute atomic E-state index is 0.119. The van der Waals surface area contributed by atoms with Crippen LogP contribution in [0.2, 0.25) is 0 Å². The Morgan fingerprint density at radius 1 is 1.04 bits per heavy atom. The summed E-state index contributed by atoms with van der Waals surface area (Å²) >= 11 is 1.64. The van der Waals surface area contributed by atoms with Crippen molar-refractivity contribution in [2.24, 2.45) is 4.99 Å². The highest BCUT2D eigenvalue weighted by Gasteiger charge is 2.47. The number of aliphatic imine (C=N–C) groups is 1. The van der Waals surface area contributed by atoms with Gasteiger partial charge in [-0.2, -0.15) is 0 Å². The van der Waals surface area contributed by atoms with E-state index in [9.17, 15) is 8.42 Å². The normalized spacial score (nSPS) is 24.7. The third kappa shape index (κ3) is 3.35. The summed E-state index contributed by atoms with van der Waals surface area (Å²) in [5, 5.41) is 0.866. The maximum Gasteiger partial charge on any atom is 0.164 e. The van der Waals surface area contributed by atoms with Crippen molar-refractivity contribution >= 4 is 32.5 Å².